The van der Waals surface area contributed by atoms with Crippen LogP contribution in [0, 0.1) is 11.8 Å². The monoisotopic (exact) mass is 298 g/mol. The Morgan fingerprint density at radius 3 is 2.42 bits per heavy atom. The zero-order valence-electron chi connectivity index (χ0n) is 10.2. The standard InChI is InChI=1S/C11H16F2O5S/c12-11(13,19(15,16)17)10(14)18-9-5-4-7-2-1-3-8(7)6-9/h7-9H,1-6H2,(H,15,16,17). The van der Waals surface area contributed by atoms with Gasteiger partial charge in [0.05, 0.1) is 0 Å². The van der Waals surface area contributed by atoms with Gasteiger partial charge in [-0.25, -0.2) is 4.79 Å². The lowest BCUT2D eigenvalue weighted by Gasteiger charge is -2.31. The smallest absolute Gasteiger partial charge is 0.457 e. The number of rotatable bonds is 3. The van der Waals surface area contributed by atoms with Gasteiger partial charge in [-0.3, -0.25) is 4.55 Å². The van der Waals surface area contributed by atoms with E-state index in [4.69, 9.17) is 4.55 Å². The molecule has 0 spiro atoms. The number of esters is 1. The van der Waals surface area contributed by atoms with E-state index in [0.717, 1.165) is 25.7 Å². The molecule has 0 saturated heterocycles. The van der Waals surface area contributed by atoms with E-state index in [-0.39, 0.29) is 0 Å². The van der Waals surface area contributed by atoms with E-state index in [0.29, 0.717) is 24.7 Å². The second-order valence-corrected chi connectivity index (χ2v) is 6.75. The van der Waals surface area contributed by atoms with Gasteiger partial charge in [0.25, 0.3) is 0 Å². The van der Waals surface area contributed by atoms with Crippen LogP contribution in [0.1, 0.15) is 38.5 Å². The second kappa shape index (κ2) is 4.97. The molecule has 0 aromatic rings. The summed E-state index contributed by atoms with van der Waals surface area (Å²) in [6.07, 6.45) is 4.29. The largest absolute Gasteiger partial charge is 0.465 e. The van der Waals surface area contributed by atoms with Gasteiger partial charge >= 0.3 is 21.3 Å². The maximum Gasteiger partial charge on any atom is 0.465 e. The summed E-state index contributed by atoms with van der Waals surface area (Å²) in [4.78, 5) is 11.2. The Hall–Kier alpha value is -0.760. The van der Waals surface area contributed by atoms with E-state index < -0.39 is 27.4 Å². The fraction of sp³-hybridized carbons (Fsp3) is 0.909. The molecule has 0 aromatic heterocycles. The van der Waals surface area contributed by atoms with Gasteiger partial charge in [0.15, 0.2) is 0 Å². The lowest BCUT2D eigenvalue weighted by atomic mass is 9.80. The van der Waals surface area contributed by atoms with Crippen LogP contribution >= 0.6 is 0 Å². The molecular formula is C11H16F2O5S. The number of carbonyl (C=O) groups excluding carboxylic acids is 1. The lowest BCUT2D eigenvalue weighted by molar-refractivity contribution is -0.169. The first-order chi connectivity index (χ1) is 8.72. The lowest BCUT2D eigenvalue weighted by Crippen LogP contribution is -2.42. The van der Waals surface area contributed by atoms with Crippen LogP contribution in [0.3, 0.4) is 0 Å². The molecule has 3 unspecified atom stereocenters. The Balaban J connectivity index is 1.96. The summed E-state index contributed by atoms with van der Waals surface area (Å²) in [6, 6.07) is 0. The quantitative estimate of drug-likeness (QED) is 0.636. The molecule has 2 saturated carbocycles. The van der Waals surface area contributed by atoms with Gasteiger partial charge in [-0.2, -0.15) is 17.2 Å². The van der Waals surface area contributed by atoms with E-state index in [1.807, 2.05) is 0 Å². The van der Waals surface area contributed by atoms with Crippen molar-refractivity contribution in [1.29, 1.82) is 0 Å². The highest BCUT2D eigenvalue weighted by Crippen LogP contribution is 2.43. The van der Waals surface area contributed by atoms with Crippen LogP contribution in [0.25, 0.3) is 0 Å². The average Bonchev–Trinajstić information content (AvgIpc) is 2.74. The van der Waals surface area contributed by atoms with Gasteiger partial charge in [0.1, 0.15) is 6.10 Å². The fourth-order valence-electron chi connectivity index (χ4n) is 3.09. The molecule has 0 bridgehead atoms. The van der Waals surface area contributed by atoms with E-state index in [2.05, 4.69) is 4.74 Å². The summed E-state index contributed by atoms with van der Waals surface area (Å²) in [5.41, 5.74) is 0. The Bertz CT molecular complexity index is 462. The van der Waals surface area contributed by atoms with Crippen molar-refractivity contribution in [3.63, 3.8) is 0 Å². The van der Waals surface area contributed by atoms with Crippen LogP contribution < -0.4 is 0 Å². The van der Waals surface area contributed by atoms with Gasteiger partial charge in [-0.15, -0.1) is 0 Å². The molecule has 2 rings (SSSR count). The zero-order valence-corrected chi connectivity index (χ0v) is 11.0. The molecule has 1 N–H and O–H groups in total. The summed E-state index contributed by atoms with van der Waals surface area (Å²) in [7, 11) is -5.78. The van der Waals surface area contributed by atoms with Crippen LogP contribution in [0.15, 0.2) is 0 Å². The zero-order chi connectivity index (χ0) is 14.3. The van der Waals surface area contributed by atoms with E-state index in [1.54, 1.807) is 0 Å². The maximum atomic E-state index is 13.0. The van der Waals surface area contributed by atoms with Crippen molar-refractivity contribution in [2.24, 2.45) is 11.8 Å². The first-order valence-electron chi connectivity index (χ1n) is 6.27. The second-order valence-electron chi connectivity index (χ2n) is 5.28. The molecule has 5 nitrogen and oxygen atoms in total. The molecule has 2 aliphatic carbocycles. The maximum absolute atomic E-state index is 13.0. The summed E-state index contributed by atoms with van der Waals surface area (Å²) in [6.45, 7) is 0. The normalized spacial score (nSPS) is 31.8. The molecule has 0 aliphatic heterocycles. The van der Waals surface area contributed by atoms with Crippen molar-refractivity contribution < 1.29 is 31.3 Å². The van der Waals surface area contributed by atoms with Gasteiger partial charge in [0, 0.05) is 0 Å². The van der Waals surface area contributed by atoms with Crippen molar-refractivity contribution >= 4 is 16.1 Å². The highest BCUT2D eigenvalue weighted by atomic mass is 32.2. The van der Waals surface area contributed by atoms with Gasteiger partial charge in [-0.1, -0.05) is 19.3 Å². The SMILES string of the molecule is O=C(OC1CCC2CCCC2C1)C(F)(F)S(=O)(=O)O. The molecule has 8 heteroatoms. The molecule has 2 aliphatic rings. The van der Waals surface area contributed by atoms with Crippen LogP contribution in [0.5, 0.6) is 0 Å². The van der Waals surface area contributed by atoms with Crippen LogP contribution in [0.4, 0.5) is 8.78 Å². The molecular weight excluding hydrogens is 282 g/mol. The summed E-state index contributed by atoms with van der Waals surface area (Å²) >= 11 is 0. The van der Waals surface area contributed by atoms with Crippen LogP contribution in [-0.2, 0) is 19.6 Å². The summed E-state index contributed by atoms with van der Waals surface area (Å²) in [5, 5.41) is -4.89. The van der Waals surface area contributed by atoms with E-state index in [1.165, 1.54) is 0 Å². The minimum absolute atomic E-state index is 0.367. The Morgan fingerprint density at radius 2 is 1.79 bits per heavy atom. The first-order valence-corrected chi connectivity index (χ1v) is 7.71. The Kier molecular flexibility index (Phi) is 3.83. The molecule has 110 valence electrons. The van der Waals surface area contributed by atoms with Gasteiger partial charge in [0.2, 0.25) is 0 Å². The number of fused-ring (bicyclic) bond motifs is 1. The topological polar surface area (TPSA) is 80.7 Å². The summed E-state index contributed by atoms with van der Waals surface area (Å²) < 4.78 is 59.8. The Labute approximate surface area is 110 Å². The predicted octanol–water partition coefficient (Wildman–Crippen LogP) is 1.98. The van der Waals surface area contributed by atoms with Crippen molar-refractivity contribution in [1.82, 2.24) is 0 Å². The third-order valence-corrected chi connectivity index (χ3v) is 4.89. The minimum Gasteiger partial charge on any atom is -0.457 e. The fourth-order valence-corrected chi connectivity index (χ4v) is 3.35. The first kappa shape index (κ1) is 14.6. The number of ether oxygens (including phenoxy) is 1. The highest BCUT2D eigenvalue weighted by Gasteiger charge is 2.55. The number of halogens is 2. The van der Waals surface area contributed by atoms with Gasteiger partial charge in [-0.05, 0) is 31.1 Å². The number of carbonyl (C=O) groups is 1. The van der Waals surface area contributed by atoms with Crippen LogP contribution in [0.2, 0.25) is 0 Å². The van der Waals surface area contributed by atoms with Crippen molar-refractivity contribution in [2.45, 2.75) is 49.9 Å². The number of hydrogen-bond donors (Lipinski definition) is 1. The van der Waals surface area contributed by atoms with Gasteiger partial charge < -0.3 is 4.74 Å². The third kappa shape index (κ3) is 2.89. The molecule has 19 heavy (non-hydrogen) atoms. The highest BCUT2D eigenvalue weighted by molar-refractivity contribution is 7.87. The van der Waals surface area contributed by atoms with E-state index in [9.17, 15) is 22.0 Å². The minimum atomic E-state index is -5.78. The van der Waals surface area contributed by atoms with Crippen LogP contribution in [-0.4, -0.2) is 30.3 Å². The Morgan fingerprint density at radius 1 is 1.16 bits per heavy atom. The average molecular weight is 298 g/mol. The molecule has 3 atom stereocenters. The summed E-state index contributed by atoms with van der Waals surface area (Å²) in [5.74, 6) is -1.25. The van der Waals surface area contributed by atoms with Crippen molar-refractivity contribution in [3.05, 3.63) is 0 Å². The molecule has 0 heterocycles. The van der Waals surface area contributed by atoms with Crippen molar-refractivity contribution in [2.75, 3.05) is 0 Å². The number of alkyl halides is 2. The van der Waals surface area contributed by atoms with Crippen molar-refractivity contribution in [3.8, 4) is 0 Å². The third-order valence-electron chi connectivity index (χ3n) is 4.08. The molecule has 0 radical (unpaired) electrons. The van der Waals surface area contributed by atoms with E-state index >= 15 is 0 Å². The predicted molar refractivity (Wildman–Crippen MR) is 61.1 cm³/mol. The molecule has 0 aromatic carbocycles. The molecule has 0 amide bonds. The number of hydrogen-bond acceptors (Lipinski definition) is 4. The molecule has 2 fully saturated rings.